The number of hydrogen-bond acceptors (Lipinski definition) is 4. The van der Waals surface area contributed by atoms with Crippen molar-refractivity contribution in [1.29, 1.82) is 0 Å². The average molecular weight is 292 g/mol. The third-order valence-corrected chi connectivity index (χ3v) is 4.58. The zero-order valence-corrected chi connectivity index (χ0v) is 13.8. The monoisotopic (exact) mass is 292 g/mol. The van der Waals surface area contributed by atoms with E-state index in [2.05, 4.69) is 53.7 Å². The van der Waals surface area contributed by atoms with Crippen LogP contribution in [0.1, 0.15) is 54.0 Å². The minimum atomic E-state index is 0.239. The van der Waals surface area contributed by atoms with Crippen LogP contribution in [0.3, 0.4) is 0 Å². The predicted molar refractivity (Wildman–Crippen MR) is 85.5 cm³/mol. The van der Waals surface area contributed by atoms with Crippen LogP contribution in [-0.2, 0) is 6.54 Å². The molecule has 0 amide bonds. The number of thiazole rings is 1. The third-order valence-electron chi connectivity index (χ3n) is 3.33. The highest BCUT2D eigenvalue weighted by Crippen LogP contribution is 2.27. The first-order valence-corrected chi connectivity index (χ1v) is 8.07. The summed E-state index contributed by atoms with van der Waals surface area (Å²) in [5.74, 6) is 0.967. The molecule has 1 atom stereocenters. The van der Waals surface area contributed by atoms with Crippen LogP contribution in [-0.4, -0.2) is 14.5 Å². The molecular weight excluding hydrogens is 268 g/mol. The number of aryl methyl sites for hydroxylation is 4. The number of nitrogens with zero attached hydrogens (tertiary/aromatic N) is 3. The Morgan fingerprint density at radius 1 is 1.30 bits per heavy atom. The van der Waals surface area contributed by atoms with Gasteiger partial charge in [0.15, 0.2) is 0 Å². The van der Waals surface area contributed by atoms with Gasteiger partial charge in [0.05, 0.1) is 22.4 Å². The molecule has 0 aliphatic rings. The van der Waals surface area contributed by atoms with E-state index in [-0.39, 0.29) is 6.04 Å². The lowest BCUT2D eigenvalue weighted by Gasteiger charge is -2.15. The number of nitrogens with one attached hydrogen (secondary N) is 1. The second-order valence-electron chi connectivity index (χ2n) is 5.30. The highest BCUT2D eigenvalue weighted by molar-refractivity contribution is 7.11. The van der Waals surface area contributed by atoms with Crippen LogP contribution in [0.5, 0.6) is 0 Å². The molecule has 0 saturated carbocycles. The van der Waals surface area contributed by atoms with Crippen molar-refractivity contribution in [1.82, 2.24) is 14.5 Å². The van der Waals surface area contributed by atoms with Gasteiger partial charge in [-0.15, -0.1) is 11.3 Å². The van der Waals surface area contributed by atoms with Gasteiger partial charge in [-0.05, 0) is 34.1 Å². The van der Waals surface area contributed by atoms with Gasteiger partial charge in [-0.3, -0.25) is 0 Å². The molecule has 2 heterocycles. The fraction of sp³-hybridized carbons (Fsp3) is 0.600. The normalized spacial score (nSPS) is 12.7. The second-order valence-corrected chi connectivity index (χ2v) is 6.54. The molecule has 0 aliphatic heterocycles. The molecule has 0 spiro atoms. The summed E-state index contributed by atoms with van der Waals surface area (Å²) in [5, 5.41) is 4.65. The van der Waals surface area contributed by atoms with E-state index in [4.69, 9.17) is 0 Å². The molecule has 1 unspecified atom stereocenters. The SMILES string of the molecule is CCCCn1cc(C)nc1NC(C)c1sc(C)nc1C. The quantitative estimate of drug-likeness (QED) is 0.866. The highest BCUT2D eigenvalue weighted by Gasteiger charge is 2.15. The summed E-state index contributed by atoms with van der Waals surface area (Å²) >= 11 is 1.76. The van der Waals surface area contributed by atoms with Crippen molar-refractivity contribution in [2.75, 3.05) is 5.32 Å². The number of unbranched alkanes of at least 4 members (excludes halogenated alkanes) is 1. The minimum absolute atomic E-state index is 0.239. The van der Waals surface area contributed by atoms with Crippen molar-refractivity contribution in [3.63, 3.8) is 0 Å². The van der Waals surface area contributed by atoms with Crippen molar-refractivity contribution in [2.24, 2.45) is 0 Å². The number of aromatic nitrogens is 3. The van der Waals surface area contributed by atoms with Crippen molar-refractivity contribution in [2.45, 2.75) is 60.0 Å². The Kier molecular flexibility index (Phi) is 4.81. The van der Waals surface area contributed by atoms with Gasteiger partial charge in [-0.2, -0.15) is 0 Å². The van der Waals surface area contributed by atoms with E-state index in [9.17, 15) is 0 Å². The predicted octanol–water partition coefficient (Wildman–Crippen LogP) is 4.24. The maximum atomic E-state index is 4.60. The summed E-state index contributed by atoms with van der Waals surface area (Å²) in [6, 6.07) is 0.239. The molecule has 0 aromatic carbocycles. The number of rotatable bonds is 6. The van der Waals surface area contributed by atoms with Gasteiger partial charge in [0, 0.05) is 17.6 Å². The summed E-state index contributed by atoms with van der Waals surface area (Å²) in [7, 11) is 0. The first-order valence-electron chi connectivity index (χ1n) is 7.25. The minimum Gasteiger partial charge on any atom is -0.348 e. The standard InChI is InChI=1S/C15H24N4S/c1-6-7-8-19-9-10(2)16-15(19)18-12(4)14-11(3)17-13(5)20-14/h9,12H,6-8H2,1-5H3,(H,16,18). The van der Waals surface area contributed by atoms with E-state index in [1.807, 2.05) is 6.92 Å². The second kappa shape index (κ2) is 6.39. The molecule has 0 fully saturated rings. The molecule has 5 heteroatoms. The molecule has 2 aromatic heterocycles. The van der Waals surface area contributed by atoms with E-state index in [1.165, 1.54) is 17.7 Å². The van der Waals surface area contributed by atoms with Gasteiger partial charge in [0.1, 0.15) is 0 Å². The zero-order chi connectivity index (χ0) is 14.7. The van der Waals surface area contributed by atoms with Gasteiger partial charge in [-0.1, -0.05) is 13.3 Å². The summed E-state index contributed by atoms with van der Waals surface area (Å²) < 4.78 is 2.22. The maximum Gasteiger partial charge on any atom is 0.203 e. The first-order chi connectivity index (χ1) is 9.51. The van der Waals surface area contributed by atoms with Gasteiger partial charge in [0.25, 0.3) is 0 Å². The molecule has 2 aromatic rings. The van der Waals surface area contributed by atoms with Crippen LogP contribution in [0.15, 0.2) is 6.20 Å². The summed E-state index contributed by atoms with van der Waals surface area (Å²) in [4.78, 5) is 10.4. The average Bonchev–Trinajstić information content (AvgIpc) is 2.89. The van der Waals surface area contributed by atoms with Crippen molar-refractivity contribution < 1.29 is 0 Å². The number of anilines is 1. The van der Waals surface area contributed by atoms with Gasteiger partial charge in [-0.25, -0.2) is 9.97 Å². The van der Waals surface area contributed by atoms with Gasteiger partial charge < -0.3 is 9.88 Å². The topological polar surface area (TPSA) is 42.7 Å². The molecule has 110 valence electrons. The molecule has 0 aliphatic carbocycles. The lowest BCUT2D eigenvalue weighted by Crippen LogP contribution is -2.11. The summed E-state index contributed by atoms with van der Waals surface area (Å²) in [6.45, 7) is 11.6. The fourth-order valence-electron chi connectivity index (χ4n) is 2.37. The molecule has 4 nitrogen and oxygen atoms in total. The Morgan fingerprint density at radius 2 is 2.05 bits per heavy atom. The molecule has 1 N–H and O–H groups in total. The summed E-state index contributed by atoms with van der Waals surface area (Å²) in [6.07, 6.45) is 4.49. The van der Waals surface area contributed by atoms with Gasteiger partial charge in [0.2, 0.25) is 5.95 Å². The van der Waals surface area contributed by atoms with Gasteiger partial charge >= 0.3 is 0 Å². The molecule has 20 heavy (non-hydrogen) atoms. The van der Waals surface area contributed by atoms with E-state index in [0.29, 0.717) is 0 Å². The van der Waals surface area contributed by atoms with Crippen LogP contribution in [0.2, 0.25) is 0 Å². The van der Waals surface area contributed by atoms with Crippen molar-refractivity contribution >= 4 is 17.3 Å². The lowest BCUT2D eigenvalue weighted by atomic mass is 10.2. The zero-order valence-electron chi connectivity index (χ0n) is 13.0. The van der Waals surface area contributed by atoms with Crippen molar-refractivity contribution in [3.05, 3.63) is 27.5 Å². The Bertz CT molecular complexity index is 570. The first kappa shape index (κ1) is 15.0. The van der Waals surface area contributed by atoms with E-state index in [0.717, 1.165) is 28.9 Å². The van der Waals surface area contributed by atoms with E-state index < -0.39 is 0 Å². The van der Waals surface area contributed by atoms with Crippen molar-refractivity contribution in [3.8, 4) is 0 Å². The molecule has 2 rings (SSSR count). The Labute approximate surface area is 125 Å². The maximum absolute atomic E-state index is 4.60. The molecule has 0 bridgehead atoms. The third kappa shape index (κ3) is 3.39. The highest BCUT2D eigenvalue weighted by atomic mass is 32.1. The summed E-state index contributed by atoms with van der Waals surface area (Å²) in [5.41, 5.74) is 2.18. The smallest absolute Gasteiger partial charge is 0.203 e. The van der Waals surface area contributed by atoms with Crippen LogP contribution in [0.25, 0.3) is 0 Å². The Hall–Kier alpha value is -1.36. The number of hydrogen-bond donors (Lipinski definition) is 1. The van der Waals surface area contributed by atoms with E-state index >= 15 is 0 Å². The largest absolute Gasteiger partial charge is 0.348 e. The molecule has 0 saturated heterocycles. The van der Waals surface area contributed by atoms with Crippen LogP contribution in [0, 0.1) is 20.8 Å². The van der Waals surface area contributed by atoms with E-state index in [1.54, 1.807) is 11.3 Å². The fourth-order valence-corrected chi connectivity index (χ4v) is 3.30. The molecule has 0 radical (unpaired) electrons. The van der Waals surface area contributed by atoms with Crippen LogP contribution in [0.4, 0.5) is 5.95 Å². The Balaban J connectivity index is 2.14. The Morgan fingerprint density at radius 3 is 2.65 bits per heavy atom. The molecular formula is C15H24N4S. The number of imidazole rings is 1. The van der Waals surface area contributed by atoms with Crippen LogP contribution < -0.4 is 5.32 Å². The lowest BCUT2D eigenvalue weighted by molar-refractivity contribution is 0.631. The van der Waals surface area contributed by atoms with Crippen LogP contribution >= 0.6 is 11.3 Å².